The van der Waals surface area contributed by atoms with E-state index in [2.05, 4.69) is 33.0 Å². The predicted octanol–water partition coefficient (Wildman–Crippen LogP) is 3.98. The Morgan fingerprint density at radius 1 is 1.20 bits per heavy atom. The van der Waals surface area contributed by atoms with Crippen molar-refractivity contribution < 1.29 is 0 Å². The Hall–Kier alpha value is -0.0400. The number of hydrogen-bond acceptors (Lipinski definition) is 1. The van der Waals surface area contributed by atoms with E-state index in [9.17, 15) is 0 Å². The molecule has 0 saturated heterocycles. The summed E-state index contributed by atoms with van der Waals surface area (Å²) in [5.74, 6) is 0.987. The lowest BCUT2D eigenvalue weighted by molar-refractivity contribution is 0.242. The molecule has 1 fully saturated rings. The molecule has 1 rings (SSSR count). The minimum Gasteiger partial charge on any atom is -0.313 e. The van der Waals surface area contributed by atoms with Crippen molar-refractivity contribution in [2.75, 3.05) is 6.54 Å². The quantitative estimate of drug-likeness (QED) is 0.725. The van der Waals surface area contributed by atoms with Gasteiger partial charge in [0.05, 0.1) is 0 Å². The summed E-state index contributed by atoms with van der Waals surface area (Å²) in [6.45, 7) is 10.5. The summed E-state index contributed by atoms with van der Waals surface area (Å²) in [5, 5.41) is 3.78. The average molecular weight is 211 g/mol. The van der Waals surface area contributed by atoms with Gasteiger partial charge in [-0.1, -0.05) is 47.0 Å². The first-order valence-electron chi connectivity index (χ1n) is 6.80. The Kier molecular flexibility index (Phi) is 5.11. The van der Waals surface area contributed by atoms with Crippen molar-refractivity contribution in [2.24, 2.45) is 11.3 Å². The molecule has 0 aliphatic heterocycles. The fourth-order valence-electron chi connectivity index (χ4n) is 2.39. The van der Waals surface area contributed by atoms with Crippen LogP contribution in [0.15, 0.2) is 0 Å². The molecule has 1 aliphatic rings. The molecule has 0 radical (unpaired) electrons. The maximum atomic E-state index is 3.78. The summed E-state index contributed by atoms with van der Waals surface area (Å²) in [4.78, 5) is 0. The Morgan fingerprint density at radius 3 is 2.53 bits per heavy atom. The zero-order valence-corrected chi connectivity index (χ0v) is 11.1. The van der Waals surface area contributed by atoms with Crippen molar-refractivity contribution >= 4 is 0 Å². The van der Waals surface area contributed by atoms with Crippen molar-refractivity contribution in [2.45, 2.75) is 72.3 Å². The number of rotatable bonds is 5. The Balaban J connectivity index is 2.26. The molecule has 0 heterocycles. The van der Waals surface area contributed by atoms with Gasteiger partial charge in [-0.05, 0) is 30.6 Å². The zero-order valence-electron chi connectivity index (χ0n) is 11.1. The molecule has 0 spiro atoms. The summed E-state index contributed by atoms with van der Waals surface area (Å²) in [6, 6.07) is 0.800. The van der Waals surface area contributed by atoms with Gasteiger partial charge in [0.25, 0.3) is 0 Å². The number of nitrogens with one attached hydrogen (secondary N) is 1. The molecule has 2 unspecified atom stereocenters. The molecule has 0 aromatic carbocycles. The highest BCUT2D eigenvalue weighted by atomic mass is 14.9. The van der Waals surface area contributed by atoms with E-state index in [1.807, 2.05) is 0 Å². The van der Waals surface area contributed by atoms with Crippen LogP contribution in [0.5, 0.6) is 0 Å². The van der Waals surface area contributed by atoms with Crippen molar-refractivity contribution in [3.63, 3.8) is 0 Å². The van der Waals surface area contributed by atoms with Gasteiger partial charge < -0.3 is 5.32 Å². The van der Waals surface area contributed by atoms with E-state index in [1.165, 1.54) is 45.1 Å². The van der Waals surface area contributed by atoms with Gasteiger partial charge in [-0.25, -0.2) is 0 Å². The predicted molar refractivity (Wildman–Crippen MR) is 68.1 cm³/mol. The fraction of sp³-hybridized carbons (Fsp3) is 1.00. The number of hydrogen-bond donors (Lipinski definition) is 1. The normalized spacial score (nSPS) is 28.0. The average Bonchev–Trinajstić information content (AvgIpc) is 2.27. The molecule has 90 valence electrons. The van der Waals surface area contributed by atoms with Gasteiger partial charge in [-0.2, -0.15) is 0 Å². The van der Waals surface area contributed by atoms with Crippen molar-refractivity contribution in [1.29, 1.82) is 0 Å². The standard InChI is InChI=1S/C14H29N/c1-5-12-8-7-9-13(10-12)15-11-14(3,4)6-2/h12-13,15H,5-11H2,1-4H3. The van der Waals surface area contributed by atoms with Gasteiger partial charge in [-0.15, -0.1) is 0 Å². The van der Waals surface area contributed by atoms with Crippen LogP contribution in [0.2, 0.25) is 0 Å². The molecule has 0 amide bonds. The molecule has 15 heavy (non-hydrogen) atoms. The van der Waals surface area contributed by atoms with Crippen LogP contribution in [0, 0.1) is 11.3 Å². The monoisotopic (exact) mass is 211 g/mol. The van der Waals surface area contributed by atoms with Crippen LogP contribution in [-0.4, -0.2) is 12.6 Å². The first-order chi connectivity index (χ1) is 7.07. The van der Waals surface area contributed by atoms with E-state index in [-0.39, 0.29) is 0 Å². The molecule has 0 aromatic rings. The second kappa shape index (κ2) is 5.89. The minimum atomic E-state index is 0.471. The first-order valence-corrected chi connectivity index (χ1v) is 6.80. The summed E-state index contributed by atoms with van der Waals surface area (Å²) < 4.78 is 0. The smallest absolute Gasteiger partial charge is 0.00699 e. The van der Waals surface area contributed by atoms with E-state index in [1.54, 1.807) is 0 Å². The lowest BCUT2D eigenvalue weighted by Crippen LogP contribution is -2.39. The topological polar surface area (TPSA) is 12.0 Å². The molecule has 0 bridgehead atoms. The van der Waals surface area contributed by atoms with Gasteiger partial charge in [-0.3, -0.25) is 0 Å². The molecule has 1 nitrogen and oxygen atoms in total. The van der Waals surface area contributed by atoms with Gasteiger partial charge in [0.1, 0.15) is 0 Å². The summed E-state index contributed by atoms with van der Waals surface area (Å²) in [7, 11) is 0. The maximum Gasteiger partial charge on any atom is 0.00699 e. The molecule has 1 saturated carbocycles. The van der Waals surface area contributed by atoms with Crippen molar-refractivity contribution in [3.8, 4) is 0 Å². The third-order valence-electron chi connectivity index (χ3n) is 4.19. The molecular formula is C14H29N. The highest BCUT2D eigenvalue weighted by Gasteiger charge is 2.22. The van der Waals surface area contributed by atoms with Crippen LogP contribution in [-0.2, 0) is 0 Å². The van der Waals surface area contributed by atoms with E-state index >= 15 is 0 Å². The van der Waals surface area contributed by atoms with Gasteiger partial charge in [0, 0.05) is 12.6 Å². The second-order valence-electron chi connectivity index (χ2n) is 6.04. The fourth-order valence-corrected chi connectivity index (χ4v) is 2.39. The molecule has 0 aromatic heterocycles. The second-order valence-corrected chi connectivity index (χ2v) is 6.04. The van der Waals surface area contributed by atoms with Crippen LogP contribution in [0.1, 0.15) is 66.2 Å². The van der Waals surface area contributed by atoms with Gasteiger partial charge >= 0.3 is 0 Å². The van der Waals surface area contributed by atoms with Gasteiger partial charge in [0.15, 0.2) is 0 Å². The van der Waals surface area contributed by atoms with Crippen molar-refractivity contribution in [1.82, 2.24) is 5.32 Å². The Bertz CT molecular complexity index is 174. The van der Waals surface area contributed by atoms with Crippen LogP contribution in [0.3, 0.4) is 0 Å². The summed E-state index contributed by atoms with van der Waals surface area (Å²) in [6.07, 6.45) is 8.35. The molecule has 1 aliphatic carbocycles. The van der Waals surface area contributed by atoms with Crippen LogP contribution in [0.25, 0.3) is 0 Å². The summed E-state index contributed by atoms with van der Waals surface area (Å²) in [5.41, 5.74) is 0.471. The lowest BCUT2D eigenvalue weighted by Gasteiger charge is -2.32. The Morgan fingerprint density at radius 2 is 1.93 bits per heavy atom. The molecular weight excluding hydrogens is 182 g/mol. The van der Waals surface area contributed by atoms with Crippen LogP contribution < -0.4 is 5.32 Å². The van der Waals surface area contributed by atoms with Crippen LogP contribution in [0.4, 0.5) is 0 Å². The maximum absolute atomic E-state index is 3.78. The third-order valence-corrected chi connectivity index (χ3v) is 4.19. The highest BCUT2D eigenvalue weighted by molar-refractivity contribution is 4.80. The van der Waals surface area contributed by atoms with E-state index in [0.29, 0.717) is 5.41 Å². The Labute approximate surface area is 96.0 Å². The first kappa shape index (κ1) is 13.0. The van der Waals surface area contributed by atoms with E-state index in [4.69, 9.17) is 0 Å². The van der Waals surface area contributed by atoms with Crippen LogP contribution >= 0.6 is 0 Å². The highest BCUT2D eigenvalue weighted by Crippen LogP contribution is 2.27. The van der Waals surface area contributed by atoms with Crippen molar-refractivity contribution in [3.05, 3.63) is 0 Å². The van der Waals surface area contributed by atoms with E-state index in [0.717, 1.165) is 12.0 Å². The summed E-state index contributed by atoms with van der Waals surface area (Å²) >= 11 is 0. The third kappa shape index (κ3) is 4.55. The molecule has 2 atom stereocenters. The molecule has 1 N–H and O–H groups in total. The lowest BCUT2D eigenvalue weighted by atomic mass is 9.83. The largest absolute Gasteiger partial charge is 0.313 e. The van der Waals surface area contributed by atoms with Gasteiger partial charge in [0.2, 0.25) is 0 Å². The SMILES string of the molecule is CCC1CCCC(NCC(C)(C)CC)C1. The minimum absolute atomic E-state index is 0.471. The molecule has 1 heteroatoms. The van der Waals surface area contributed by atoms with E-state index < -0.39 is 0 Å². The zero-order chi connectivity index (χ0) is 11.3.